The SMILES string of the molecule is CCN1CC=C(CCNC2CCC2)CC1. The predicted molar refractivity (Wildman–Crippen MR) is 65.1 cm³/mol. The minimum Gasteiger partial charge on any atom is -0.314 e. The minimum absolute atomic E-state index is 0.848. The van der Waals surface area contributed by atoms with Crippen LogP contribution >= 0.6 is 0 Å². The first-order chi connectivity index (χ1) is 7.38. The summed E-state index contributed by atoms with van der Waals surface area (Å²) in [6.07, 6.45) is 9.25. The fourth-order valence-electron chi connectivity index (χ4n) is 2.32. The van der Waals surface area contributed by atoms with Gasteiger partial charge in [0.2, 0.25) is 0 Å². The Bertz CT molecular complexity index is 219. The van der Waals surface area contributed by atoms with Crippen LogP contribution in [0.4, 0.5) is 0 Å². The van der Waals surface area contributed by atoms with Crippen molar-refractivity contribution in [2.75, 3.05) is 26.2 Å². The summed E-state index contributed by atoms with van der Waals surface area (Å²) < 4.78 is 0. The molecule has 2 heteroatoms. The van der Waals surface area contributed by atoms with Gasteiger partial charge < -0.3 is 5.32 Å². The summed E-state index contributed by atoms with van der Waals surface area (Å²) in [6, 6.07) is 0.848. The van der Waals surface area contributed by atoms with Gasteiger partial charge in [-0.05, 0) is 38.8 Å². The topological polar surface area (TPSA) is 15.3 Å². The zero-order chi connectivity index (χ0) is 10.5. The third-order valence-electron chi connectivity index (χ3n) is 3.82. The Morgan fingerprint density at radius 1 is 1.47 bits per heavy atom. The predicted octanol–water partition coefficient (Wildman–Crippen LogP) is 2.17. The third kappa shape index (κ3) is 3.32. The number of nitrogens with one attached hydrogen (secondary N) is 1. The average Bonchev–Trinajstić information content (AvgIpc) is 2.23. The van der Waals surface area contributed by atoms with E-state index < -0.39 is 0 Å². The molecular formula is C13H24N2. The maximum atomic E-state index is 3.64. The van der Waals surface area contributed by atoms with Gasteiger partial charge in [-0.25, -0.2) is 0 Å². The second kappa shape index (κ2) is 5.66. The van der Waals surface area contributed by atoms with Crippen LogP contribution in [0, 0.1) is 0 Å². The Morgan fingerprint density at radius 3 is 2.87 bits per heavy atom. The summed E-state index contributed by atoms with van der Waals surface area (Å²) in [6.45, 7) is 7.09. The van der Waals surface area contributed by atoms with Crippen molar-refractivity contribution in [3.63, 3.8) is 0 Å². The second-order valence-electron chi connectivity index (χ2n) is 4.84. The van der Waals surface area contributed by atoms with Crippen molar-refractivity contribution in [2.24, 2.45) is 0 Å². The van der Waals surface area contributed by atoms with Crippen LogP contribution < -0.4 is 5.32 Å². The summed E-state index contributed by atoms with van der Waals surface area (Å²) in [5.74, 6) is 0. The van der Waals surface area contributed by atoms with E-state index in [0.29, 0.717) is 0 Å². The van der Waals surface area contributed by atoms with Gasteiger partial charge in [-0.1, -0.05) is 25.0 Å². The molecule has 0 aromatic heterocycles. The van der Waals surface area contributed by atoms with Crippen molar-refractivity contribution >= 4 is 0 Å². The number of likely N-dealkylation sites (N-methyl/N-ethyl adjacent to an activating group) is 1. The van der Waals surface area contributed by atoms with Gasteiger partial charge in [0, 0.05) is 19.1 Å². The first-order valence-corrected chi connectivity index (χ1v) is 6.52. The van der Waals surface area contributed by atoms with E-state index in [1.165, 1.54) is 58.3 Å². The monoisotopic (exact) mass is 208 g/mol. The van der Waals surface area contributed by atoms with Crippen LogP contribution in [-0.4, -0.2) is 37.1 Å². The number of hydrogen-bond acceptors (Lipinski definition) is 2. The van der Waals surface area contributed by atoms with E-state index in [-0.39, 0.29) is 0 Å². The Balaban J connectivity index is 1.60. The van der Waals surface area contributed by atoms with Gasteiger partial charge in [0.15, 0.2) is 0 Å². The standard InChI is InChI=1S/C13H24N2/c1-2-15-10-7-12(8-11-15)6-9-14-13-4-3-5-13/h7,13-14H,2-6,8-11H2,1H3. The molecule has 0 atom stereocenters. The highest BCUT2D eigenvalue weighted by Crippen LogP contribution is 2.19. The Morgan fingerprint density at radius 2 is 2.33 bits per heavy atom. The lowest BCUT2D eigenvalue weighted by atomic mass is 9.93. The molecule has 0 spiro atoms. The van der Waals surface area contributed by atoms with Gasteiger partial charge in [0.1, 0.15) is 0 Å². The quantitative estimate of drug-likeness (QED) is 0.697. The van der Waals surface area contributed by atoms with E-state index in [9.17, 15) is 0 Å². The summed E-state index contributed by atoms with van der Waals surface area (Å²) >= 11 is 0. The van der Waals surface area contributed by atoms with Gasteiger partial charge >= 0.3 is 0 Å². The normalized spacial score (nSPS) is 23.7. The van der Waals surface area contributed by atoms with Gasteiger partial charge in [0.05, 0.1) is 0 Å². The molecule has 1 saturated carbocycles. The van der Waals surface area contributed by atoms with Gasteiger partial charge in [-0.15, -0.1) is 0 Å². The molecular weight excluding hydrogens is 184 g/mol. The first-order valence-electron chi connectivity index (χ1n) is 6.52. The fourth-order valence-corrected chi connectivity index (χ4v) is 2.32. The molecule has 1 heterocycles. The van der Waals surface area contributed by atoms with Crippen molar-refractivity contribution in [3.05, 3.63) is 11.6 Å². The summed E-state index contributed by atoms with van der Waals surface area (Å²) in [5.41, 5.74) is 1.67. The van der Waals surface area contributed by atoms with Crippen molar-refractivity contribution in [3.8, 4) is 0 Å². The van der Waals surface area contributed by atoms with Crippen LogP contribution in [0.25, 0.3) is 0 Å². The van der Waals surface area contributed by atoms with E-state index in [2.05, 4.69) is 23.2 Å². The Hall–Kier alpha value is -0.340. The highest BCUT2D eigenvalue weighted by Gasteiger charge is 2.16. The summed E-state index contributed by atoms with van der Waals surface area (Å²) in [4.78, 5) is 2.50. The molecule has 0 unspecified atom stereocenters. The first kappa shape index (κ1) is 11.2. The van der Waals surface area contributed by atoms with Crippen molar-refractivity contribution in [1.29, 1.82) is 0 Å². The van der Waals surface area contributed by atoms with E-state index in [1.807, 2.05) is 0 Å². The van der Waals surface area contributed by atoms with Crippen LogP contribution in [0.1, 0.15) is 39.0 Å². The number of nitrogens with zero attached hydrogens (tertiary/aromatic N) is 1. The third-order valence-corrected chi connectivity index (χ3v) is 3.82. The molecule has 0 aromatic rings. The van der Waals surface area contributed by atoms with Gasteiger partial charge in [0.25, 0.3) is 0 Å². The zero-order valence-electron chi connectivity index (χ0n) is 9.97. The molecule has 1 aliphatic heterocycles. The maximum Gasteiger partial charge on any atom is 0.0165 e. The van der Waals surface area contributed by atoms with Crippen LogP contribution in [0.15, 0.2) is 11.6 Å². The smallest absolute Gasteiger partial charge is 0.0165 e. The molecule has 2 rings (SSSR count). The average molecular weight is 208 g/mol. The van der Waals surface area contributed by atoms with Crippen molar-refractivity contribution in [1.82, 2.24) is 10.2 Å². The maximum absolute atomic E-state index is 3.64. The number of rotatable bonds is 5. The van der Waals surface area contributed by atoms with E-state index in [0.717, 1.165) is 6.04 Å². The largest absolute Gasteiger partial charge is 0.314 e. The Kier molecular flexibility index (Phi) is 4.21. The lowest BCUT2D eigenvalue weighted by Gasteiger charge is -2.28. The van der Waals surface area contributed by atoms with Crippen LogP contribution in [0.3, 0.4) is 0 Å². The molecule has 0 radical (unpaired) electrons. The molecule has 0 aromatic carbocycles. The van der Waals surface area contributed by atoms with E-state index in [1.54, 1.807) is 5.57 Å². The lowest BCUT2D eigenvalue weighted by molar-refractivity contribution is 0.305. The van der Waals surface area contributed by atoms with Crippen LogP contribution in [-0.2, 0) is 0 Å². The molecule has 15 heavy (non-hydrogen) atoms. The summed E-state index contributed by atoms with van der Waals surface area (Å²) in [5, 5.41) is 3.64. The second-order valence-corrected chi connectivity index (χ2v) is 4.84. The summed E-state index contributed by atoms with van der Waals surface area (Å²) in [7, 11) is 0. The molecule has 1 N–H and O–H groups in total. The van der Waals surface area contributed by atoms with Gasteiger partial charge in [-0.3, -0.25) is 4.90 Å². The Labute approximate surface area is 93.7 Å². The fraction of sp³-hybridized carbons (Fsp3) is 0.846. The van der Waals surface area contributed by atoms with Gasteiger partial charge in [-0.2, -0.15) is 0 Å². The van der Waals surface area contributed by atoms with E-state index in [4.69, 9.17) is 0 Å². The molecule has 1 fully saturated rings. The highest BCUT2D eigenvalue weighted by atomic mass is 15.1. The van der Waals surface area contributed by atoms with Crippen LogP contribution in [0.5, 0.6) is 0 Å². The van der Waals surface area contributed by atoms with Crippen molar-refractivity contribution < 1.29 is 0 Å². The lowest BCUT2D eigenvalue weighted by Crippen LogP contribution is -2.36. The van der Waals surface area contributed by atoms with E-state index >= 15 is 0 Å². The number of hydrogen-bond donors (Lipinski definition) is 1. The van der Waals surface area contributed by atoms with Crippen molar-refractivity contribution in [2.45, 2.75) is 45.1 Å². The highest BCUT2D eigenvalue weighted by molar-refractivity contribution is 5.07. The molecule has 0 amide bonds. The van der Waals surface area contributed by atoms with Crippen LogP contribution in [0.2, 0.25) is 0 Å². The molecule has 2 nitrogen and oxygen atoms in total. The molecule has 0 bridgehead atoms. The molecule has 2 aliphatic rings. The zero-order valence-corrected chi connectivity index (χ0v) is 9.97. The minimum atomic E-state index is 0.848. The molecule has 1 aliphatic carbocycles. The molecule has 86 valence electrons. The molecule has 0 saturated heterocycles.